The number of rotatable bonds is 6. The molecule has 0 aliphatic carbocycles. The van der Waals surface area contributed by atoms with Gasteiger partial charge in [0.25, 0.3) is 0 Å². The maximum absolute atomic E-state index is 11.8. The lowest BCUT2D eigenvalue weighted by molar-refractivity contribution is -0.129. The van der Waals surface area contributed by atoms with Crippen LogP contribution in [0.25, 0.3) is 0 Å². The van der Waals surface area contributed by atoms with Crippen molar-refractivity contribution in [2.45, 2.75) is 46.1 Å². The fraction of sp³-hybridized carbons (Fsp3) is 0.750. The Bertz CT molecular complexity index is 221. The second-order valence-corrected chi connectivity index (χ2v) is 3.86. The van der Waals surface area contributed by atoms with E-state index in [1.807, 2.05) is 13.8 Å². The number of Topliss-reactive ketones (excluding diaryl/α,β-unsaturated/α-hetero) is 1. The molecule has 2 heteroatoms. The van der Waals surface area contributed by atoms with Crippen molar-refractivity contribution < 1.29 is 4.79 Å². The van der Waals surface area contributed by atoms with E-state index in [0.29, 0.717) is 12.8 Å². The summed E-state index contributed by atoms with van der Waals surface area (Å²) in [6, 6.07) is 0. The summed E-state index contributed by atoms with van der Waals surface area (Å²) in [4.78, 5) is 14.0. The Hall–Kier alpha value is -0.810. The topological polar surface area (TPSA) is 20.3 Å². The normalized spacial score (nSPS) is 11.4. The van der Waals surface area contributed by atoms with Gasteiger partial charge in [0.15, 0.2) is 5.78 Å². The highest BCUT2D eigenvalue weighted by molar-refractivity contribution is 5.87. The van der Waals surface area contributed by atoms with Crippen LogP contribution in [0, 0.1) is 12.3 Å². The summed E-state index contributed by atoms with van der Waals surface area (Å²) in [5.41, 5.74) is -0.375. The van der Waals surface area contributed by atoms with E-state index in [9.17, 15) is 4.79 Å². The third-order valence-electron chi connectivity index (χ3n) is 2.73. The highest BCUT2D eigenvalue weighted by Gasteiger charge is 2.31. The smallest absolute Gasteiger partial charge is 0.153 e. The molecule has 0 aromatic rings. The van der Waals surface area contributed by atoms with Crippen molar-refractivity contribution in [1.82, 2.24) is 4.90 Å². The first-order valence-electron chi connectivity index (χ1n) is 5.22. The Balaban J connectivity index is 4.43. The number of carbonyl (C=O) groups is 1. The van der Waals surface area contributed by atoms with Crippen LogP contribution < -0.4 is 0 Å². The number of hydrogen-bond acceptors (Lipinski definition) is 2. The van der Waals surface area contributed by atoms with Crippen molar-refractivity contribution in [2.75, 3.05) is 13.1 Å². The lowest BCUT2D eigenvalue weighted by Gasteiger charge is -2.35. The van der Waals surface area contributed by atoms with Crippen LogP contribution in [0.2, 0.25) is 0 Å². The summed E-state index contributed by atoms with van der Waals surface area (Å²) in [7, 11) is 0. The van der Waals surface area contributed by atoms with E-state index >= 15 is 0 Å². The van der Waals surface area contributed by atoms with Gasteiger partial charge in [-0.3, -0.25) is 9.69 Å². The number of hydrogen-bond donors (Lipinski definition) is 0. The van der Waals surface area contributed by atoms with E-state index in [1.54, 1.807) is 0 Å². The molecule has 0 saturated carbocycles. The quantitative estimate of drug-likeness (QED) is 0.605. The minimum atomic E-state index is -0.375. The van der Waals surface area contributed by atoms with Crippen LogP contribution >= 0.6 is 0 Å². The SMILES string of the molecule is C#CCCC(=O)C(C)(C)N(CC)CC. The van der Waals surface area contributed by atoms with Gasteiger partial charge in [-0.15, -0.1) is 12.3 Å². The summed E-state index contributed by atoms with van der Waals surface area (Å²) in [5.74, 6) is 2.74. The third-order valence-corrected chi connectivity index (χ3v) is 2.73. The number of carbonyl (C=O) groups excluding carboxylic acids is 1. The number of terminal acetylenes is 1. The van der Waals surface area contributed by atoms with Gasteiger partial charge >= 0.3 is 0 Å². The van der Waals surface area contributed by atoms with E-state index in [0.717, 1.165) is 13.1 Å². The number of nitrogens with zero attached hydrogens (tertiary/aromatic N) is 1. The number of ketones is 1. The van der Waals surface area contributed by atoms with Crippen LogP contribution in [-0.4, -0.2) is 29.3 Å². The molecule has 0 aromatic carbocycles. The van der Waals surface area contributed by atoms with E-state index in [2.05, 4.69) is 24.7 Å². The molecule has 0 aliphatic rings. The molecule has 14 heavy (non-hydrogen) atoms. The Morgan fingerprint density at radius 1 is 1.36 bits per heavy atom. The van der Waals surface area contributed by atoms with Gasteiger partial charge in [0.1, 0.15) is 0 Å². The first-order chi connectivity index (χ1) is 6.50. The molecule has 0 radical (unpaired) electrons. The Morgan fingerprint density at radius 2 is 1.86 bits per heavy atom. The molecule has 0 saturated heterocycles. The molecule has 0 bridgehead atoms. The van der Waals surface area contributed by atoms with Gasteiger partial charge in [-0.05, 0) is 26.9 Å². The zero-order valence-electron chi connectivity index (χ0n) is 9.76. The van der Waals surface area contributed by atoms with Crippen molar-refractivity contribution in [1.29, 1.82) is 0 Å². The summed E-state index contributed by atoms with van der Waals surface area (Å²) in [5, 5.41) is 0. The molecule has 0 atom stereocenters. The molecule has 0 amide bonds. The molecular formula is C12H21NO. The lowest BCUT2D eigenvalue weighted by atomic mass is 9.93. The molecule has 0 spiro atoms. The zero-order chi connectivity index (χ0) is 11.2. The van der Waals surface area contributed by atoms with Gasteiger partial charge in [-0.1, -0.05) is 13.8 Å². The minimum absolute atomic E-state index is 0.235. The second-order valence-electron chi connectivity index (χ2n) is 3.86. The summed E-state index contributed by atoms with van der Waals surface area (Å²) < 4.78 is 0. The molecule has 80 valence electrons. The lowest BCUT2D eigenvalue weighted by Crippen LogP contribution is -2.49. The monoisotopic (exact) mass is 195 g/mol. The van der Waals surface area contributed by atoms with Crippen molar-refractivity contribution >= 4 is 5.78 Å². The molecule has 0 aromatic heterocycles. The van der Waals surface area contributed by atoms with Crippen LogP contribution in [0.15, 0.2) is 0 Å². The van der Waals surface area contributed by atoms with Gasteiger partial charge in [-0.25, -0.2) is 0 Å². The van der Waals surface area contributed by atoms with Crippen molar-refractivity contribution in [3.63, 3.8) is 0 Å². The fourth-order valence-corrected chi connectivity index (χ4v) is 1.68. The molecule has 0 aliphatic heterocycles. The molecule has 0 N–H and O–H groups in total. The van der Waals surface area contributed by atoms with Gasteiger partial charge < -0.3 is 0 Å². The van der Waals surface area contributed by atoms with Gasteiger partial charge in [0.05, 0.1) is 5.54 Å². The van der Waals surface area contributed by atoms with Gasteiger partial charge in [0, 0.05) is 12.8 Å². The van der Waals surface area contributed by atoms with Crippen LogP contribution in [-0.2, 0) is 4.79 Å². The summed E-state index contributed by atoms with van der Waals surface area (Å²) in [6.07, 6.45) is 6.18. The van der Waals surface area contributed by atoms with Crippen LogP contribution in [0.4, 0.5) is 0 Å². The first kappa shape index (κ1) is 13.2. The van der Waals surface area contributed by atoms with Crippen molar-refractivity contribution in [3.05, 3.63) is 0 Å². The maximum atomic E-state index is 11.8. The predicted octanol–water partition coefficient (Wildman–Crippen LogP) is 2.09. The van der Waals surface area contributed by atoms with Crippen LogP contribution in [0.3, 0.4) is 0 Å². The zero-order valence-corrected chi connectivity index (χ0v) is 9.76. The van der Waals surface area contributed by atoms with E-state index in [-0.39, 0.29) is 11.3 Å². The average Bonchev–Trinajstić information content (AvgIpc) is 2.15. The van der Waals surface area contributed by atoms with E-state index < -0.39 is 0 Å². The second kappa shape index (κ2) is 5.82. The molecule has 2 nitrogen and oxygen atoms in total. The maximum Gasteiger partial charge on any atom is 0.153 e. The molecule has 0 unspecified atom stereocenters. The summed E-state index contributed by atoms with van der Waals surface area (Å²) >= 11 is 0. The standard InChI is InChI=1S/C12H21NO/c1-6-9-10-11(14)12(4,5)13(7-2)8-3/h1H,7-10H2,2-5H3. The fourth-order valence-electron chi connectivity index (χ4n) is 1.68. The molecule has 0 heterocycles. The average molecular weight is 195 g/mol. The van der Waals surface area contributed by atoms with Crippen LogP contribution in [0.1, 0.15) is 40.5 Å². The Kier molecular flexibility index (Phi) is 5.49. The summed E-state index contributed by atoms with van der Waals surface area (Å²) in [6.45, 7) is 9.87. The first-order valence-corrected chi connectivity index (χ1v) is 5.22. The van der Waals surface area contributed by atoms with Gasteiger partial charge in [0.2, 0.25) is 0 Å². The Morgan fingerprint density at radius 3 is 2.21 bits per heavy atom. The minimum Gasteiger partial charge on any atom is -0.298 e. The van der Waals surface area contributed by atoms with Crippen molar-refractivity contribution in [2.24, 2.45) is 0 Å². The molecule has 0 rings (SSSR count). The van der Waals surface area contributed by atoms with E-state index in [4.69, 9.17) is 6.42 Å². The highest BCUT2D eigenvalue weighted by Crippen LogP contribution is 2.17. The molecular weight excluding hydrogens is 174 g/mol. The van der Waals surface area contributed by atoms with Crippen molar-refractivity contribution in [3.8, 4) is 12.3 Å². The molecule has 0 fully saturated rings. The Labute approximate surface area is 87.7 Å². The largest absolute Gasteiger partial charge is 0.298 e. The van der Waals surface area contributed by atoms with E-state index in [1.165, 1.54) is 0 Å². The predicted molar refractivity (Wildman–Crippen MR) is 60.1 cm³/mol. The number of likely N-dealkylation sites (N-methyl/N-ethyl adjacent to an activating group) is 1. The third kappa shape index (κ3) is 3.16. The van der Waals surface area contributed by atoms with Crippen LogP contribution in [0.5, 0.6) is 0 Å². The van der Waals surface area contributed by atoms with Gasteiger partial charge in [-0.2, -0.15) is 0 Å². The highest BCUT2D eigenvalue weighted by atomic mass is 16.1.